The van der Waals surface area contributed by atoms with Crippen LogP contribution in [0.3, 0.4) is 0 Å². The third-order valence-electron chi connectivity index (χ3n) is 3.30. The smallest absolute Gasteiger partial charge is 0.328 e. The van der Waals surface area contributed by atoms with Crippen molar-refractivity contribution >= 4 is 22.0 Å². The maximum atomic E-state index is 12.4. The number of carbonyl (C=O) groups is 2. The average molecular weight is 313 g/mol. The van der Waals surface area contributed by atoms with Gasteiger partial charge in [0.2, 0.25) is 10.0 Å². The molecule has 1 aliphatic rings. The first-order valence-electron chi connectivity index (χ1n) is 6.12. The number of ether oxygens (including phenoxy) is 2. The van der Waals surface area contributed by atoms with Crippen LogP contribution in [-0.2, 0) is 29.1 Å². The molecule has 2 rings (SSSR count). The molecule has 2 atom stereocenters. The summed E-state index contributed by atoms with van der Waals surface area (Å²) >= 11 is 0. The number of methoxy groups -OCH3 is 1. The van der Waals surface area contributed by atoms with Crippen LogP contribution in [0.1, 0.15) is 18.6 Å². The summed E-state index contributed by atoms with van der Waals surface area (Å²) in [4.78, 5) is 23.3. The molecule has 1 aliphatic heterocycles. The first kappa shape index (κ1) is 15.5. The van der Waals surface area contributed by atoms with Gasteiger partial charge in [0.15, 0.2) is 12.1 Å². The summed E-state index contributed by atoms with van der Waals surface area (Å²) in [5.41, 5.74) is 0.265. The quantitative estimate of drug-likeness (QED) is 0.737. The third-order valence-corrected chi connectivity index (χ3v) is 5.21. The molecule has 21 heavy (non-hydrogen) atoms. The monoisotopic (exact) mass is 313 g/mol. The second-order valence-corrected chi connectivity index (χ2v) is 6.52. The van der Waals surface area contributed by atoms with Crippen LogP contribution in [0.5, 0.6) is 0 Å². The van der Waals surface area contributed by atoms with E-state index < -0.39 is 34.1 Å². The second-order valence-electron chi connectivity index (χ2n) is 4.56. The fourth-order valence-electron chi connectivity index (χ4n) is 2.32. The molecule has 0 amide bonds. The lowest BCUT2D eigenvalue weighted by atomic mass is 10.0. The molecule has 1 aromatic rings. The Balaban J connectivity index is 2.67. The standard InChI is InChI=1S/C13H15NO6S/c1-8(15)20-12-9-6-4-5-7-10(9)21(17,18)14(2)11(12)13(16)19-3/h4-7,11-12H,1-3H3. The fraction of sp³-hybridized carbons (Fsp3) is 0.385. The van der Waals surface area contributed by atoms with E-state index in [2.05, 4.69) is 4.74 Å². The Morgan fingerprint density at radius 1 is 1.24 bits per heavy atom. The minimum Gasteiger partial charge on any atom is -0.468 e. The molecule has 0 spiro atoms. The van der Waals surface area contributed by atoms with Gasteiger partial charge in [-0.15, -0.1) is 0 Å². The minimum atomic E-state index is -3.85. The average Bonchev–Trinajstić information content (AvgIpc) is 2.44. The van der Waals surface area contributed by atoms with Gasteiger partial charge in [-0.25, -0.2) is 8.42 Å². The Morgan fingerprint density at radius 3 is 2.43 bits per heavy atom. The van der Waals surface area contributed by atoms with E-state index in [1.54, 1.807) is 12.1 Å². The third kappa shape index (κ3) is 2.52. The molecular formula is C13H15NO6S. The van der Waals surface area contributed by atoms with Crippen molar-refractivity contribution < 1.29 is 27.5 Å². The number of nitrogens with zero attached hydrogens (tertiary/aromatic N) is 1. The molecule has 1 aromatic carbocycles. The highest BCUT2D eigenvalue weighted by molar-refractivity contribution is 7.89. The zero-order valence-electron chi connectivity index (χ0n) is 11.8. The van der Waals surface area contributed by atoms with E-state index in [4.69, 9.17) is 4.74 Å². The molecule has 0 aliphatic carbocycles. The first-order chi connectivity index (χ1) is 9.80. The topological polar surface area (TPSA) is 90.0 Å². The highest BCUT2D eigenvalue weighted by atomic mass is 32.2. The van der Waals surface area contributed by atoms with Gasteiger partial charge in [0.1, 0.15) is 0 Å². The van der Waals surface area contributed by atoms with Gasteiger partial charge in [-0.1, -0.05) is 18.2 Å². The van der Waals surface area contributed by atoms with E-state index in [-0.39, 0.29) is 10.5 Å². The molecule has 0 bridgehead atoms. The predicted molar refractivity (Wildman–Crippen MR) is 71.7 cm³/mol. The van der Waals surface area contributed by atoms with Gasteiger partial charge in [0, 0.05) is 19.5 Å². The molecule has 114 valence electrons. The van der Waals surface area contributed by atoms with Crippen molar-refractivity contribution in [3.8, 4) is 0 Å². The van der Waals surface area contributed by atoms with Crippen LogP contribution >= 0.6 is 0 Å². The Bertz CT molecular complexity index is 684. The van der Waals surface area contributed by atoms with Crippen LogP contribution in [0, 0.1) is 0 Å². The van der Waals surface area contributed by atoms with Crippen molar-refractivity contribution in [3.63, 3.8) is 0 Å². The summed E-state index contributed by atoms with van der Waals surface area (Å²) in [6, 6.07) is 4.85. The molecule has 0 saturated carbocycles. The van der Waals surface area contributed by atoms with Crippen molar-refractivity contribution in [3.05, 3.63) is 29.8 Å². The molecule has 8 heteroatoms. The molecule has 7 nitrogen and oxygen atoms in total. The number of likely N-dealkylation sites (N-methyl/N-ethyl adjacent to an activating group) is 1. The van der Waals surface area contributed by atoms with Crippen molar-refractivity contribution in [2.45, 2.75) is 24.0 Å². The van der Waals surface area contributed by atoms with E-state index in [1.165, 1.54) is 26.1 Å². The minimum absolute atomic E-state index is 0.0129. The molecule has 0 radical (unpaired) electrons. The zero-order valence-corrected chi connectivity index (χ0v) is 12.6. The van der Waals surface area contributed by atoms with Crippen molar-refractivity contribution in [2.75, 3.05) is 14.2 Å². The van der Waals surface area contributed by atoms with Gasteiger partial charge in [0.25, 0.3) is 0 Å². The number of fused-ring (bicyclic) bond motifs is 1. The van der Waals surface area contributed by atoms with Crippen molar-refractivity contribution in [1.29, 1.82) is 0 Å². The van der Waals surface area contributed by atoms with Crippen molar-refractivity contribution in [2.24, 2.45) is 0 Å². The Labute approximate surface area is 122 Å². The normalized spacial score (nSPS) is 24.0. The van der Waals surface area contributed by atoms with Gasteiger partial charge in [-0.05, 0) is 6.07 Å². The molecule has 1 heterocycles. The van der Waals surface area contributed by atoms with E-state index in [9.17, 15) is 18.0 Å². The number of hydrogen-bond acceptors (Lipinski definition) is 6. The molecular weight excluding hydrogens is 298 g/mol. The highest BCUT2D eigenvalue weighted by Gasteiger charge is 2.48. The summed E-state index contributed by atoms with van der Waals surface area (Å²) in [5, 5.41) is 0. The number of sulfonamides is 1. The summed E-state index contributed by atoms with van der Waals surface area (Å²) < 4.78 is 35.6. The lowest BCUT2D eigenvalue weighted by Gasteiger charge is -2.36. The Kier molecular flexibility index (Phi) is 4.02. The maximum Gasteiger partial charge on any atom is 0.328 e. The summed E-state index contributed by atoms with van der Waals surface area (Å²) in [5.74, 6) is -1.40. The second kappa shape index (κ2) is 5.45. The number of benzene rings is 1. The lowest BCUT2D eigenvalue weighted by molar-refractivity contribution is -0.159. The summed E-state index contributed by atoms with van der Waals surface area (Å²) in [7, 11) is -1.45. The van der Waals surface area contributed by atoms with Crippen LogP contribution in [0.2, 0.25) is 0 Å². The van der Waals surface area contributed by atoms with E-state index in [0.717, 1.165) is 11.4 Å². The maximum absolute atomic E-state index is 12.4. The van der Waals surface area contributed by atoms with Crippen LogP contribution in [0.15, 0.2) is 29.2 Å². The van der Waals surface area contributed by atoms with Gasteiger partial charge in [0.05, 0.1) is 12.0 Å². The fourth-order valence-corrected chi connectivity index (χ4v) is 3.85. The predicted octanol–water partition coefficient (Wildman–Crippen LogP) is 0.467. The lowest BCUT2D eigenvalue weighted by Crippen LogP contribution is -2.51. The van der Waals surface area contributed by atoms with Gasteiger partial charge >= 0.3 is 11.9 Å². The Hall–Kier alpha value is -1.93. The number of rotatable bonds is 2. The SMILES string of the molecule is COC(=O)C1C(OC(C)=O)c2ccccc2S(=O)(=O)N1C. The van der Waals surface area contributed by atoms with Crippen LogP contribution in [0.4, 0.5) is 0 Å². The number of carbonyl (C=O) groups excluding carboxylic acids is 2. The van der Waals surface area contributed by atoms with E-state index in [1.807, 2.05) is 0 Å². The molecule has 0 fully saturated rings. The molecule has 0 aromatic heterocycles. The molecule has 0 N–H and O–H groups in total. The summed E-state index contributed by atoms with van der Waals surface area (Å²) in [6.45, 7) is 1.19. The van der Waals surface area contributed by atoms with E-state index in [0.29, 0.717) is 0 Å². The highest BCUT2D eigenvalue weighted by Crippen LogP contribution is 2.38. The van der Waals surface area contributed by atoms with Gasteiger partial charge < -0.3 is 9.47 Å². The van der Waals surface area contributed by atoms with Crippen LogP contribution in [-0.4, -0.2) is 44.9 Å². The largest absolute Gasteiger partial charge is 0.468 e. The number of esters is 2. The number of hydrogen-bond donors (Lipinski definition) is 0. The van der Waals surface area contributed by atoms with E-state index >= 15 is 0 Å². The van der Waals surface area contributed by atoms with Crippen LogP contribution < -0.4 is 0 Å². The molecule has 2 unspecified atom stereocenters. The van der Waals surface area contributed by atoms with Crippen molar-refractivity contribution in [1.82, 2.24) is 4.31 Å². The van der Waals surface area contributed by atoms with Gasteiger partial charge in [-0.2, -0.15) is 4.31 Å². The van der Waals surface area contributed by atoms with Gasteiger partial charge in [-0.3, -0.25) is 9.59 Å². The van der Waals surface area contributed by atoms with Crippen LogP contribution in [0.25, 0.3) is 0 Å². The Morgan fingerprint density at radius 2 is 1.86 bits per heavy atom. The summed E-state index contributed by atoms with van der Waals surface area (Å²) in [6.07, 6.45) is -1.04. The first-order valence-corrected chi connectivity index (χ1v) is 7.56. The zero-order chi connectivity index (χ0) is 15.8. The molecule has 0 saturated heterocycles.